The van der Waals surface area contributed by atoms with Crippen LogP contribution < -0.4 is 0 Å². The fraction of sp³-hybridized carbons (Fsp3) is 1.00. The van der Waals surface area contributed by atoms with E-state index < -0.39 is 0 Å². The van der Waals surface area contributed by atoms with Crippen LogP contribution in [0.4, 0.5) is 0 Å². The third-order valence-electron chi connectivity index (χ3n) is 3.79. The molecule has 1 heterocycles. The first-order chi connectivity index (χ1) is 5.76. The fourth-order valence-electron chi connectivity index (χ4n) is 2.74. The average molecular weight is 169 g/mol. The van der Waals surface area contributed by atoms with Crippen molar-refractivity contribution in [3.63, 3.8) is 0 Å². The van der Waals surface area contributed by atoms with Gasteiger partial charge in [-0.15, -0.1) is 0 Å². The minimum absolute atomic E-state index is 0.667. The molecule has 0 bridgehead atoms. The molecule has 0 amide bonds. The van der Waals surface area contributed by atoms with Crippen LogP contribution in [0.3, 0.4) is 0 Å². The largest absolute Gasteiger partial charge is 0.300 e. The highest BCUT2D eigenvalue weighted by molar-refractivity contribution is 5.04. The quantitative estimate of drug-likeness (QED) is 0.539. The molecule has 2 fully saturated rings. The molecule has 1 aliphatic heterocycles. The highest BCUT2D eigenvalue weighted by Crippen LogP contribution is 2.48. The second-order valence-electron chi connectivity index (χ2n) is 4.07. The lowest BCUT2D eigenvalue weighted by Gasteiger charge is -2.50. The molecule has 2 rings (SSSR count). The smallest absolute Gasteiger partial charge is 0.0232 e. The molecule has 2 aliphatic rings. The lowest BCUT2D eigenvalue weighted by atomic mass is 9.66. The van der Waals surface area contributed by atoms with Gasteiger partial charge in [-0.1, -0.05) is 20.8 Å². The molecule has 1 heteroatoms. The van der Waals surface area contributed by atoms with Gasteiger partial charge in [-0.2, -0.15) is 0 Å². The van der Waals surface area contributed by atoms with Crippen molar-refractivity contribution in [2.24, 2.45) is 5.92 Å². The number of likely N-dealkylation sites (tertiary alicyclic amines) is 1. The predicted octanol–water partition coefficient (Wildman–Crippen LogP) is 2.91. The molecular formula is C11H23N. The number of rotatable bonds is 0. The first kappa shape index (κ1) is 10.0. The van der Waals surface area contributed by atoms with E-state index in [0.29, 0.717) is 5.54 Å². The van der Waals surface area contributed by atoms with Crippen LogP contribution in [0.15, 0.2) is 0 Å². The first-order valence-electron chi connectivity index (χ1n) is 5.47. The summed E-state index contributed by atoms with van der Waals surface area (Å²) in [6.45, 7) is 7.75. The third-order valence-corrected chi connectivity index (χ3v) is 3.79. The van der Waals surface area contributed by atoms with Crippen LogP contribution >= 0.6 is 0 Å². The van der Waals surface area contributed by atoms with Crippen molar-refractivity contribution in [1.82, 2.24) is 4.90 Å². The lowest BCUT2D eigenvalue weighted by Crippen LogP contribution is -2.53. The molecule has 1 saturated heterocycles. The van der Waals surface area contributed by atoms with Gasteiger partial charge >= 0.3 is 0 Å². The summed E-state index contributed by atoms with van der Waals surface area (Å²) in [7, 11) is 2.29. The third kappa shape index (κ3) is 1.28. The van der Waals surface area contributed by atoms with Gasteiger partial charge in [0.2, 0.25) is 0 Å². The fourth-order valence-corrected chi connectivity index (χ4v) is 2.74. The Morgan fingerprint density at radius 1 is 1.25 bits per heavy atom. The maximum absolute atomic E-state index is 2.58. The van der Waals surface area contributed by atoms with E-state index in [-0.39, 0.29) is 0 Å². The summed E-state index contributed by atoms with van der Waals surface area (Å²) >= 11 is 0. The number of nitrogens with zero attached hydrogens (tertiary/aromatic N) is 1. The van der Waals surface area contributed by atoms with Crippen LogP contribution in [0.25, 0.3) is 0 Å². The van der Waals surface area contributed by atoms with Crippen molar-refractivity contribution < 1.29 is 0 Å². The van der Waals surface area contributed by atoms with E-state index in [0.717, 1.165) is 5.92 Å². The second kappa shape index (κ2) is 3.78. The standard InChI is InChI=1S/C9H17N.C2H6/c1-8-4-6-9(8)5-3-7-10(9)2;1-2/h8H,3-7H2,1-2H3;1-2H3. The molecule has 12 heavy (non-hydrogen) atoms. The normalized spacial score (nSPS) is 40.5. The van der Waals surface area contributed by atoms with Crippen molar-refractivity contribution in [2.75, 3.05) is 13.6 Å². The summed E-state index contributed by atoms with van der Waals surface area (Å²) in [6.07, 6.45) is 5.82. The maximum atomic E-state index is 2.58. The molecule has 2 atom stereocenters. The van der Waals surface area contributed by atoms with Gasteiger partial charge < -0.3 is 4.90 Å². The Morgan fingerprint density at radius 2 is 1.92 bits per heavy atom. The van der Waals surface area contributed by atoms with Gasteiger partial charge in [0.05, 0.1) is 0 Å². The van der Waals surface area contributed by atoms with E-state index >= 15 is 0 Å². The van der Waals surface area contributed by atoms with E-state index in [1.807, 2.05) is 13.8 Å². The monoisotopic (exact) mass is 169 g/mol. The van der Waals surface area contributed by atoms with Gasteiger partial charge in [0.25, 0.3) is 0 Å². The topological polar surface area (TPSA) is 3.24 Å². The summed E-state index contributed by atoms with van der Waals surface area (Å²) in [5.41, 5.74) is 0.667. The Kier molecular flexibility index (Phi) is 3.16. The van der Waals surface area contributed by atoms with Crippen molar-refractivity contribution in [3.8, 4) is 0 Å². The number of hydrogen-bond donors (Lipinski definition) is 0. The Bertz CT molecular complexity index is 144. The molecule has 2 unspecified atom stereocenters. The summed E-state index contributed by atoms with van der Waals surface area (Å²) in [5, 5.41) is 0. The number of hydrogen-bond acceptors (Lipinski definition) is 1. The van der Waals surface area contributed by atoms with Gasteiger partial charge in [0.1, 0.15) is 0 Å². The van der Waals surface area contributed by atoms with E-state index in [1.165, 1.54) is 32.2 Å². The van der Waals surface area contributed by atoms with Crippen LogP contribution in [0.1, 0.15) is 46.5 Å². The maximum Gasteiger partial charge on any atom is 0.0232 e. The molecule has 1 saturated carbocycles. The van der Waals surface area contributed by atoms with Gasteiger partial charge in [0, 0.05) is 5.54 Å². The molecule has 1 spiro atoms. The Morgan fingerprint density at radius 3 is 2.08 bits per heavy atom. The van der Waals surface area contributed by atoms with Crippen LogP contribution in [-0.4, -0.2) is 24.0 Å². The van der Waals surface area contributed by atoms with Gasteiger partial charge in [-0.05, 0) is 45.2 Å². The molecule has 0 radical (unpaired) electrons. The van der Waals surface area contributed by atoms with Crippen LogP contribution in [0.5, 0.6) is 0 Å². The molecule has 0 aromatic heterocycles. The minimum Gasteiger partial charge on any atom is -0.300 e. The molecule has 1 nitrogen and oxygen atoms in total. The van der Waals surface area contributed by atoms with Crippen molar-refractivity contribution in [3.05, 3.63) is 0 Å². The van der Waals surface area contributed by atoms with Crippen molar-refractivity contribution in [1.29, 1.82) is 0 Å². The van der Waals surface area contributed by atoms with Gasteiger partial charge in [0.15, 0.2) is 0 Å². The van der Waals surface area contributed by atoms with Crippen molar-refractivity contribution >= 4 is 0 Å². The summed E-state index contributed by atoms with van der Waals surface area (Å²) < 4.78 is 0. The molecule has 0 aromatic carbocycles. The Balaban J connectivity index is 0.000000336. The highest BCUT2D eigenvalue weighted by atomic mass is 15.2. The van der Waals surface area contributed by atoms with Gasteiger partial charge in [-0.3, -0.25) is 0 Å². The van der Waals surface area contributed by atoms with E-state index in [2.05, 4.69) is 18.9 Å². The van der Waals surface area contributed by atoms with Crippen LogP contribution in [0, 0.1) is 5.92 Å². The average Bonchev–Trinajstić information content (AvgIpc) is 2.50. The zero-order valence-electron chi connectivity index (χ0n) is 9.06. The molecule has 72 valence electrons. The Labute approximate surface area is 77.1 Å². The summed E-state index contributed by atoms with van der Waals surface area (Å²) in [4.78, 5) is 2.58. The molecule has 1 aliphatic carbocycles. The minimum atomic E-state index is 0.667. The highest BCUT2D eigenvalue weighted by Gasteiger charge is 2.48. The van der Waals surface area contributed by atoms with E-state index in [9.17, 15) is 0 Å². The first-order valence-corrected chi connectivity index (χ1v) is 5.47. The molecule has 0 N–H and O–H groups in total. The Hall–Kier alpha value is -0.0400. The van der Waals surface area contributed by atoms with Crippen LogP contribution in [-0.2, 0) is 0 Å². The van der Waals surface area contributed by atoms with Gasteiger partial charge in [-0.25, -0.2) is 0 Å². The second-order valence-corrected chi connectivity index (χ2v) is 4.07. The molecular weight excluding hydrogens is 146 g/mol. The predicted molar refractivity (Wildman–Crippen MR) is 54.3 cm³/mol. The van der Waals surface area contributed by atoms with E-state index in [4.69, 9.17) is 0 Å². The zero-order chi connectivity index (χ0) is 9.19. The van der Waals surface area contributed by atoms with Crippen LogP contribution in [0.2, 0.25) is 0 Å². The van der Waals surface area contributed by atoms with Crippen molar-refractivity contribution in [2.45, 2.75) is 52.0 Å². The SMILES string of the molecule is CC.CC1CCC12CCCN2C. The zero-order valence-corrected chi connectivity index (χ0v) is 9.06. The summed E-state index contributed by atoms with van der Waals surface area (Å²) in [5.74, 6) is 0.972. The summed E-state index contributed by atoms with van der Waals surface area (Å²) in [6, 6.07) is 0. The lowest BCUT2D eigenvalue weighted by molar-refractivity contribution is 0.0141. The van der Waals surface area contributed by atoms with E-state index in [1.54, 1.807) is 0 Å². The molecule has 0 aromatic rings.